The third kappa shape index (κ3) is 5.04. The summed E-state index contributed by atoms with van der Waals surface area (Å²) < 4.78 is 1.80. The Morgan fingerprint density at radius 1 is 1.50 bits per heavy atom. The summed E-state index contributed by atoms with van der Waals surface area (Å²) in [5.41, 5.74) is 0. The number of urea groups is 1. The summed E-state index contributed by atoms with van der Waals surface area (Å²) in [6, 6.07) is 0.297. The second kappa shape index (κ2) is 7.53. The van der Waals surface area contributed by atoms with Crippen molar-refractivity contribution in [3.05, 3.63) is 17.4 Å². The van der Waals surface area contributed by atoms with Gasteiger partial charge in [-0.1, -0.05) is 37.8 Å². The van der Waals surface area contributed by atoms with Gasteiger partial charge in [-0.2, -0.15) is 5.10 Å². The molecule has 1 aromatic rings. The van der Waals surface area contributed by atoms with Crippen molar-refractivity contribution >= 4 is 17.6 Å². The number of carbonyl (C=O) groups is 1. The zero-order valence-corrected chi connectivity index (χ0v) is 12.7. The highest BCUT2D eigenvalue weighted by Crippen LogP contribution is 2.17. The van der Waals surface area contributed by atoms with Crippen LogP contribution in [0.5, 0.6) is 0 Å². The zero-order chi connectivity index (χ0) is 14.4. The summed E-state index contributed by atoms with van der Waals surface area (Å²) in [4.78, 5) is 11.8. The molecule has 112 valence electrons. The highest BCUT2D eigenvalue weighted by molar-refractivity contribution is 6.30. The number of carbonyl (C=O) groups excluding carboxylic acids is 1. The molecule has 6 heteroatoms. The molecule has 1 fully saturated rings. The molecule has 2 rings (SSSR count). The Labute approximate surface area is 125 Å². The van der Waals surface area contributed by atoms with E-state index in [1.54, 1.807) is 17.1 Å². The molecule has 1 aromatic heterocycles. The van der Waals surface area contributed by atoms with E-state index in [1.807, 2.05) is 0 Å². The predicted octanol–water partition coefficient (Wildman–Crippen LogP) is 2.80. The number of rotatable bonds is 5. The average molecular weight is 299 g/mol. The lowest BCUT2D eigenvalue weighted by Crippen LogP contribution is -2.44. The summed E-state index contributed by atoms with van der Waals surface area (Å²) in [5.74, 6) is 0.308. The molecule has 0 saturated heterocycles. The first-order chi connectivity index (χ1) is 9.63. The van der Waals surface area contributed by atoms with Crippen molar-refractivity contribution in [1.82, 2.24) is 20.4 Å². The minimum absolute atomic E-state index is 0.0535. The van der Waals surface area contributed by atoms with E-state index in [0.717, 1.165) is 19.4 Å². The van der Waals surface area contributed by atoms with Gasteiger partial charge in [-0.05, 0) is 18.8 Å². The van der Waals surface area contributed by atoms with E-state index in [2.05, 4.69) is 22.7 Å². The van der Waals surface area contributed by atoms with Gasteiger partial charge in [0.1, 0.15) is 0 Å². The van der Waals surface area contributed by atoms with Crippen LogP contribution in [0, 0.1) is 5.92 Å². The Morgan fingerprint density at radius 3 is 2.90 bits per heavy atom. The molecule has 0 bridgehead atoms. The van der Waals surface area contributed by atoms with Gasteiger partial charge in [0.05, 0.1) is 11.2 Å². The largest absolute Gasteiger partial charge is 0.338 e. The van der Waals surface area contributed by atoms with Crippen LogP contribution in [0.2, 0.25) is 5.02 Å². The molecule has 5 nitrogen and oxygen atoms in total. The minimum atomic E-state index is -0.0535. The molecule has 0 radical (unpaired) electrons. The van der Waals surface area contributed by atoms with Crippen molar-refractivity contribution in [3.63, 3.8) is 0 Å². The highest BCUT2D eigenvalue weighted by atomic mass is 35.5. The van der Waals surface area contributed by atoms with Crippen LogP contribution in [0.3, 0.4) is 0 Å². The van der Waals surface area contributed by atoms with Crippen LogP contribution in [-0.2, 0) is 6.54 Å². The first-order valence-corrected chi connectivity index (χ1v) is 7.73. The second-order valence-corrected chi connectivity index (χ2v) is 6.11. The lowest BCUT2D eigenvalue weighted by molar-refractivity contribution is 0.230. The van der Waals surface area contributed by atoms with E-state index in [0.29, 0.717) is 23.5 Å². The Morgan fingerprint density at radius 2 is 2.25 bits per heavy atom. The van der Waals surface area contributed by atoms with Crippen LogP contribution in [-0.4, -0.2) is 28.4 Å². The lowest BCUT2D eigenvalue weighted by atomic mass is 9.96. The Kier molecular flexibility index (Phi) is 5.71. The molecular formula is C14H23ClN4O. The Hall–Kier alpha value is -1.23. The van der Waals surface area contributed by atoms with Crippen LogP contribution in [0.15, 0.2) is 12.4 Å². The van der Waals surface area contributed by atoms with Crippen LogP contribution in [0.1, 0.15) is 39.0 Å². The van der Waals surface area contributed by atoms with E-state index in [9.17, 15) is 4.79 Å². The molecule has 0 aliphatic heterocycles. The standard InChI is InChI=1S/C14H23ClN4O/c1-11(9-19-10-12(15)8-17-19)7-16-14(20)18-13-5-3-2-4-6-13/h8,10-11,13H,2-7,9H2,1H3,(H2,16,18,20)/t11-/m1/s1. The molecule has 20 heavy (non-hydrogen) atoms. The third-order valence-corrected chi connectivity index (χ3v) is 3.85. The molecule has 2 amide bonds. The number of hydrogen-bond donors (Lipinski definition) is 2. The zero-order valence-electron chi connectivity index (χ0n) is 11.9. The van der Waals surface area contributed by atoms with Crippen molar-refractivity contribution in [3.8, 4) is 0 Å². The van der Waals surface area contributed by atoms with Crippen molar-refractivity contribution < 1.29 is 4.79 Å². The maximum atomic E-state index is 11.8. The molecule has 1 atom stereocenters. The monoisotopic (exact) mass is 298 g/mol. The smallest absolute Gasteiger partial charge is 0.315 e. The van der Waals surface area contributed by atoms with E-state index < -0.39 is 0 Å². The molecule has 1 saturated carbocycles. The number of halogens is 1. The molecule has 1 heterocycles. The molecule has 0 unspecified atom stereocenters. The molecule has 1 aliphatic rings. The van der Waals surface area contributed by atoms with Gasteiger partial charge in [0.2, 0.25) is 0 Å². The van der Waals surface area contributed by atoms with Crippen LogP contribution in [0.4, 0.5) is 4.79 Å². The highest BCUT2D eigenvalue weighted by Gasteiger charge is 2.15. The van der Waals surface area contributed by atoms with E-state index in [1.165, 1.54) is 19.3 Å². The number of hydrogen-bond acceptors (Lipinski definition) is 2. The SMILES string of the molecule is C[C@H](CNC(=O)NC1CCCCC1)Cn1cc(Cl)cn1. The maximum absolute atomic E-state index is 11.8. The summed E-state index contributed by atoms with van der Waals surface area (Å²) in [7, 11) is 0. The van der Waals surface area contributed by atoms with E-state index >= 15 is 0 Å². The van der Waals surface area contributed by atoms with Gasteiger partial charge in [0.25, 0.3) is 0 Å². The number of amides is 2. The van der Waals surface area contributed by atoms with Crippen LogP contribution in [0.25, 0.3) is 0 Å². The lowest BCUT2D eigenvalue weighted by Gasteiger charge is -2.23. The van der Waals surface area contributed by atoms with Crippen molar-refractivity contribution in [2.45, 2.75) is 51.6 Å². The van der Waals surface area contributed by atoms with Crippen molar-refractivity contribution in [2.75, 3.05) is 6.54 Å². The van der Waals surface area contributed by atoms with Crippen LogP contribution >= 0.6 is 11.6 Å². The van der Waals surface area contributed by atoms with Crippen molar-refractivity contribution in [2.24, 2.45) is 5.92 Å². The first-order valence-electron chi connectivity index (χ1n) is 7.36. The van der Waals surface area contributed by atoms with Gasteiger partial charge < -0.3 is 10.6 Å². The molecule has 1 aliphatic carbocycles. The Bertz CT molecular complexity index is 429. The first kappa shape index (κ1) is 15.2. The minimum Gasteiger partial charge on any atom is -0.338 e. The van der Waals surface area contributed by atoms with Gasteiger partial charge in [-0.25, -0.2) is 4.79 Å². The van der Waals surface area contributed by atoms with Gasteiger partial charge in [0.15, 0.2) is 0 Å². The molecule has 2 N–H and O–H groups in total. The van der Waals surface area contributed by atoms with Crippen LogP contribution < -0.4 is 10.6 Å². The number of nitrogens with zero attached hydrogens (tertiary/aromatic N) is 2. The van der Waals surface area contributed by atoms with Crippen molar-refractivity contribution in [1.29, 1.82) is 0 Å². The summed E-state index contributed by atoms with van der Waals surface area (Å²) in [6.45, 7) is 3.46. The fourth-order valence-corrected chi connectivity index (χ4v) is 2.73. The Balaban J connectivity index is 1.64. The number of nitrogens with one attached hydrogen (secondary N) is 2. The molecule has 0 aromatic carbocycles. The number of aromatic nitrogens is 2. The topological polar surface area (TPSA) is 59.0 Å². The predicted molar refractivity (Wildman–Crippen MR) is 79.8 cm³/mol. The summed E-state index contributed by atoms with van der Waals surface area (Å²) >= 11 is 5.82. The third-order valence-electron chi connectivity index (χ3n) is 3.65. The van der Waals surface area contributed by atoms with Gasteiger partial charge in [0, 0.05) is 25.3 Å². The molecular weight excluding hydrogens is 276 g/mol. The quantitative estimate of drug-likeness (QED) is 0.878. The normalized spacial score (nSPS) is 17.7. The van der Waals surface area contributed by atoms with E-state index in [-0.39, 0.29) is 6.03 Å². The maximum Gasteiger partial charge on any atom is 0.315 e. The second-order valence-electron chi connectivity index (χ2n) is 5.68. The fourth-order valence-electron chi connectivity index (χ4n) is 2.57. The average Bonchev–Trinajstić information content (AvgIpc) is 2.83. The van der Waals surface area contributed by atoms with Gasteiger partial charge in [-0.15, -0.1) is 0 Å². The van der Waals surface area contributed by atoms with Gasteiger partial charge in [-0.3, -0.25) is 4.68 Å². The fraction of sp³-hybridized carbons (Fsp3) is 0.714. The van der Waals surface area contributed by atoms with E-state index in [4.69, 9.17) is 11.6 Å². The summed E-state index contributed by atoms with van der Waals surface area (Å²) in [5, 5.41) is 10.8. The van der Waals surface area contributed by atoms with Gasteiger partial charge >= 0.3 is 6.03 Å². The summed E-state index contributed by atoms with van der Waals surface area (Å²) in [6.07, 6.45) is 9.37. The molecule has 0 spiro atoms.